The second kappa shape index (κ2) is 14.8. The maximum Gasteiger partial charge on any atom is 0.0673 e. The predicted molar refractivity (Wildman–Crippen MR) is 251 cm³/mol. The van der Waals surface area contributed by atoms with Crippen molar-refractivity contribution in [3.05, 3.63) is 239 Å². The van der Waals surface area contributed by atoms with Crippen molar-refractivity contribution in [1.82, 2.24) is 0 Å². The number of nitrogens with two attached hydrogens (primary N) is 1. The molecule has 0 bridgehead atoms. The van der Waals surface area contributed by atoms with Crippen LogP contribution in [0.1, 0.15) is 53.1 Å². The molecule has 2 N–H and O–H groups in total. The van der Waals surface area contributed by atoms with E-state index in [0.29, 0.717) is 0 Å². The van der Waals surface area contributed by atoms with Crippen molar-refractivity contribution < 1.29 is 0 Å². The van der Waals surface area contributed by atoms with Gasteiger partial charge in [-0.15, -0.1) is 0 Å². The molecule has 0 spiro atoms. The van der Waals surface area contributed by atoms with Gasteiger partial charge < -0.3 is 10.6 Å². The van der Waals surface area contributed by atoms with Gasteiger partial charge in [0.2, 0.25) is 0 Å². The number of nitrogens with zero attached hydrogens (tertiary/aromatic N) is 1. The molecule has 2 heteroatoms. The van der Waals surface area contributed by atoms with Crippen LogP contribution < -0.4 is 10.6 Å². The Morgan fingerprint density at radius 2 is 1.25 bits per heavy atom. The first-order valence-corrected chi connectivity index (χ1v) is 20.9. The molecule has 0 amide bonds. The zero-order valence-corrected chi connectivity index (χ0v) is 33.9. The lowest BCUT2D eigenvalue weighted by molar-refractivity contribution is 0.556. The number of benzene rings is 8. The largest absolute Gasteiger partial charge is 0.398 e. The molecule has 3 aliphatic rings. The van der Waals surface area contributed by atoms with Gasteiger partial charge in [-0.25, -0.2) is 0 Å². The van der Waals surface area contributed by atoms with Crippen molar-refractivity contribution in [1.29, 1.82) is 0 Å². The Balaban J connectivity index is 0.000000547. The first-order chi connectivity index (χ1) is 28.9. The molecule has 1 aliphatic heterocycles. The Morgan fingerprint density at radius 1 is 0.627 bits per heavy atom. The first kappa shape index (κ1) is 36.4. The summed E-state index contributed by atoms with van der Waals surface area (Å²) in [5, 5.41) is 5.39. The average Bonchev–Trinajstić information content (AvgIpc) is 3.75. The van der Waals surface area contributed by atoms with Crippen LogP contribution in [0.3, 0.4) is 0 Å². The molecule has 286 valence electrons. The Labute approximate surface area is 348 Å². The molecule has 2 unspecified atom stereocenters. The van der Waals surface area contributed by atoms with E-state index in [2.05, 4.69) is 189 Å². The fourth-order valence-electron chi connectivity index (χ4n) is 10.0. The molecule has 0 aromatic heterocycles. The first-order valence-electron chi connectivity index (χ1n) is 20.9. The summed E-state index contributed by atoms with van der Waals surface area (Å²) in [4.78, 5) is 2.64. The maximum atomic E-state index is 6.39. The van der Waals surface area contributed by atoms with Gasteiger partial charge >= 0.3 is 0 Å². The van der Waals surface area contributed by atoms with Crippen molar-refractivity contribution in [2.24, 2.45) is 5.73 Å². The molecule has 8 aromatic carbocycles. The van der Waals surface area contributed by atoms with Crippen LogP contribution in [0.4, 0.5) is 11.4 Å². The minimum atomic E-state index is -0.173. The standard InChI is InChI=1S/C50H40N2.C7H8/c1-50(2)47-41-21-9-7-18-38(41)37-17-6-8-20-40(37)46(47)43-29-28-42-39-19-10-11-22-45(39)52(49(42)48(43)50)36-16-12-15-35(31-36)33-26-23-32(24-27-33)25-30-44(51)34-13-4-3-5-14-34;1-7-5-3-2-4-6-7/h3-24,26-31,42,49H,25,51H2,1-2H3;2-6H,1H3/b44-30-;. The maximum absolute atomic E-state index is 6.39. The van der Waals surface area contributed by atoms with E-state index < -0.39 is 0 Å². The molecule has 0 radical (unpaired) electrons. The molecular formula is C57H48N2. The predicted octanol–water partition coefficient (Wildman–Crippen LogP) is 14.1. The average molecular weight is 761 g/mol. The van der Waals surface area contributed by atoms with Crippen molar-refractivity contribution in [3.8, 4) is 11.1 Å². The molecule has 0 saturated heterocycles. The Bertz CT molecular complexity index is 2950. The summed E-state index contributed by atoms with van der Waals surface area (Å²) >= 11 is 0. The molecule has 1 heterocycles. The quantitative estimate of drug-likeness (QED) is 0.177. The van der Waals surface area contributed by atoms with Gasteiger partial charge in [0.15, 0.2) is 0 Å². The van der Waals surface area contributed by atoms with Crippen LogP contribution in [0.5, 0.6) is 0 Å². The third-order valence-electron chi connectivity index (χ3n) is 12.7. The highest BCUT2D eigenvalue weighted by Crippen LogP contribution is 2.61. The van der Waals surface area contributed by atoms with Crippen molar-refractivity contribution in [3.63, 3.8) is 0 Å². The second-order valence-electron chi connectivity index (χ2n) is 16.7. The summed E-state index contributed by atoms with van der Waals surface area (Å²) in [7, 11) is 0. The fourth-order valence-corrected chi connectivity index (χ4v) is 10.0. The lowest BCUT2D eigenvalue weighted by atomic mass is 9.72. The molecule has 11 rings (SSSR count). The topological polar surface area (TPSA) is 29.3 Å². The number of allylic oxidation sites excluding steroid dienone is 3. The highest BCUT2D eigenvalue weighted by molar-refractivity contribution is 6.17. The van der Waals surface area contributed by atoms with Crippen LogP contribution in [0, 0.1) is 6.92 Å². The number of anilines is 2. The van der Waals surface area contributed by atoms with Crippen molar-refractivity contribution >= 4 is 44.2 Å². The number of hydrogen-bond donors (Lipinski definition) is 1. The van der Waals surface area contributed by atoms with Gasteiger partial charge in [-0.05, 0) is 103 Å². The number of para-hydroxylation sites is 1. The van der Waals surface area contributed by atoms with Crippen LogP contribution >= 0.6 is 0 Å². The van der Waals surface area contributed by atoms with Crippen LogP contribution in [0.2, 0.25) is 0 Å². The van der Waals surface area contributed by atoms with Crippen LogP contribution in [-0.2, 0) is 11.8 Å². The van der Waals surface area contributed by atoms with Gasteiger partial charge in [0, 0.05) is 28.4 Å². The molecule has 2 aliphatic carbocycles. The lowest BCUT2D eigenvalue weighted by Gasteiger charge is -2.39. The van der Waals surface area contributed by atoms with Crippen LogP contribution in [0.25, 0.3) is 43.9 Å². The Kier molecular flexibility index (Phi) is 9.14. The fraction of sp³-hybridized carbons (Fsp3) is 0.123. The van der Waals surface area contributed by atoms with Crippen molar-refractivity contribution in [2.75, 3.05) is 4.90 Å². The van der Waals surface area contributed by atoms with E-state index in [-0.39, 0.29) is 17.4 Å². The van der Waals surface area contributed by atoms with E-state index in [1.807, 2.05) is 36.4 Å². The third-order valence-corrected chi connectivity index (χ3v) is 12.7. The number of rotatable bonds is 5. The summed E-state index contributed by atoms with van der Waals surface area (Å²) in [5.74, 6) is 0.264. The summed E-state index contributed by atoms with van der Waals surface area (Å²) in [6.07, 6.45) is 7.84. The minimum absolute atomic E-state index is 0.164. The third kappa shape index (κ3) is 6.28. The minimum Gasteiger partial charge on any atom is -0.398 e. The van der Waals surface area contributed by atoms with Crippen LogP contribution in [0.15, 0.2) is 206 Å². The van der Waals surface area contributed by atoms with Gasteiger partial charge in [0.25, 0.3) is 0 Å². The highest BCUT2D eigenvalue weighted by Gasteiger charge is 2.51. The van der Waals surface area contributed by atoms with Gasteiger partial charge in [0.05, 0.1) is 6.04 Å². The number of aryl methyl sites for hydroxylation is 1. The SMILES string of the molecule is CC1(C)C2=C(C=CC3c4ccccc4N(c4cccc(-c5ccc(C/C=C(\N)c6ccccc6)cc5)c4)C23)c2c1c1ccccc1c1ccccc21.Cc1ccccc1. The van der Waals surface area contributed by atoms with Crippen LogP contribution in [-0.4, -0.2) is 6.04 Å². The molecular weight excluding hydrogens is 713 g/mol. The molecule has 8 aromatic rings. The van der Waals surface area contributed by atoms with Gasteiger partial charge in [-0.1, -0.05) is 201 Å². The van der Waals surface area contributed by atoms with Gasteiger partial charge in [-0.3, -0.25) is 0 Å². The molecule has 0 fully saturated rings. The number of hydrogen-bond acceptors (Lipinski definition) is 2. The van der Waals surface area contributed by atoms with E-state index in [4.69, 9.17) is 5.73 Å². The Morgan fingerprint density at radius 3 is 1.97 bits per heavy atom. The zero-order valence-electron chi connectivity index (χ0n) is 33.9. The molecule has 0 saturated carbocycles. The van der Waals surface area contributed by atoms with E-state index in [1.165, 1.54) is 83.0 Å². The number of fused-ring (bicyclic) bond motifs is 11. The van der Waals surface area contributed by atoms with E-state index >= 15 is 0 Å². The zero-order chi connectivity index (χ0) is 40.1. The highest BCUT2D eigenvalue weighted by atomic mass is 15.2. The van der Waals surface area contributed by atoms with E-state index in [9.17, 15) is 0 Å². The van der Waals surface area contributed by atoms with Crippen molar-refractivity contribution in [2.45, 2.75) is 44.6 Å². The molecule has 59 heavy (non-hydrogen) atoms. The summed E-state index contributed by atoms with van der Waals surface area (Å²) in [6.45, 7) is 7.01. The molecule has 2 atom stereocenters. The van der Waals surface area contributed by atoms with Gasteiger partial charge in [-0.2, -0.15) is 0 Å². The van der Waals surface area contributed by atoms with Gasteiger partial charge in [0.1, 0.15) is 0 Å². The molecule has 2 nitrogen and oxygen atoms in total. The monoisotopic (exact) mass is 760 g/mol. The summed E-state index contributed by atoms with van der Waals surface area (Å²) < 4.78 is 0. The lowest BCUT2D eigenvalue weighted by Crippen LogP contribution is -2.39. The summed E-state index contributed by atoms with van der Waals surface area (Å²) in [5.41, 5.74) is 22.8. The summed E-state index contributed by atoms with van der Waals surface area (Å²) in [6, 6.07) is 65.8. The van der Waals surface area contributed by atoms with E-state index in [0.717, 1.165) is 17.7 Å². The van der Waals surface area contributed by atoms with E-state index in [1.54, 1.807) is 0 Å². The second-order valence-corrected chi connectivity index (χ2v) is 16.7. The Hall–Kier alpha value is -6.90. The smallest absolute Gasteiger partial charge is 0.0673 e. The normalized spacial score (nSPS) is 17.3.